The summed E-state index contributed by atoms with van der Waals surface area (Å²) in [5, 5.41) is 2.85. The van der Waals surface area contributed by atoms with Gasteiger partial charge in [0, 0.05) is 31.6 Å². The fourth-order valence-corrected chi connectivity index (χ4v) is 3.90. The number of nitrogens with zero attached hydrogens (tertiary/aromatic N) is 2. The van der Waals surface area contributed by atoms with Gasteiger partial charge in [0.25, 0.3) is 0 Å². The number of nitrogens with one attached hydrogen (secondary N) is 1. The molecule has 2 fully saturated rings. The molecular weight excluding hydrogens is 332 g/mol. The van der Waals surface area contributed by atoms with E-state index in [1.807, 2.05) is 4.90 Å². The highest BCUT2D eigenvalue weighted by molar-refractivity contribution is 5.99. The Bertz CT molecular complexity index is 679. The number of benzene rings is 1. The van der Waals surface area contributed by atoms with Gasteiger partial charge in [-0.25, -0.2) is 0 Å². The first kappa shape index (κ1) is 18.5. The molecule has 1 aromatic rings. The summed E-state index contributed by atoms with van der Waals surface area (Å²) in [6, 6.07) is 5.55. The van der Waals surface area contributed by atoms with Crippen molar-refractivity contribution >= 4 is 23.2 Å². The Morgan fingerprint density at radius 3 is 2.96 bits per heavy atom. The predicted molar refractivity (Wildman–Crippen MR) is 101 cm³/mol. The summed E-state index contributed by atoms with van der Waals surface area (Å²) in [4.78, 5) is 29.3. The lowest BCUT2D eigenvalue weighted by molar-refractivity contribution is -0.128. The van der Waals surface area contributed by atoms with E-state index in [0.717, 1.165) is 26.1 Å². The van der Waals surface area contributed by atoms with Gasteiger partial charge in [-0.15, -0.1) is 0 Å². The molecule has 7 nitrogen and oxygen atoms in total. The van der Waals surface area contributed by atoms with Crippen LogP contribution in [-0.4, -0.2) is 60.9 Å². The molecule has 0 saturated carbocycles. The molecule has 2 saturated heterocycles. The number of hydrogen-bond donors (Lipinski definition) is 2. The molecule has 2 amide bonds. The Morgan fingerprint density at radius 2 is 2.23 bits per heavy atom. The number of nitrogens with two attached hydrogens (primary N) is 1. The van der Waals surface area contributed by atoms with Crippen molar-refractivity contribution in [1.29, 1.82) is 0 Å². The lowest BCUT2D eigenvalue weighted by Gasteiger charge is -2.27. The fraction of sp³-hybridized carbons (Fsp3) is 0.579. The third-order valence-corrected chi connectivity index (χ3v) is 5.44. The molecule has 2 atom stereocenters. The highest BCUT2D eigenvalue weighted by Gasteiger charge is 2.37. The molecule has 2 aliphatic heterocycles. The first-order valence-electron chi connectivity index (χ1n) is 9.28. The van der Waals surface area contributed by atoms with Crippen molar-refractivity contribution in [3.05, 3.63) is 18.2 Å². The standard InChI is InChI=1S/C19H28N4O3/c1-3-22-8-4-5-14(22)12-23-11-13(9-18(23)24)19(25)21-17-10-15(26-2)6-7-16(17)20/h6-7,10,13-14H,3-5,8-9,11-12,20H2,1-2H3,(H,21,25). The smallest absolute Gasteiger partial charge is 0.229 e. The van der Waals surface area contributed by atoms with E-state index in [-0.39, 0.29) is 24.2 Å². The maximum Gasteiger partial charge on any atom is 0.229 e. The second-order valence-electron chi connectivity index (χ2n) is 7.07. The monoisotopic (exact) mass is 360 g/mol. The third-order valence-electron chi connectivity index (χ3n) is 5.44. The van der Waals surface area contributed by atoms with Crippen molar-refractivity contribution in [2.75, 3.05) is 44.3 Å². The quantitative estimate of drug-likeness (QED) is 0.752. The van der Waals surface area contributed by atoms with Gasteiger partial charge < -0.3 is 20.7 Å². The molecule has 3 N–H and O–H groups in total. The van der Waals surface area contributed by atoms with Crippen LogP contribution in [0, 0.1) is 5.92 Å². The van der Waals surface area contributed by atoms with Gasteiger partial charge in [-0.3, -0.25) is 14.5 Å². The van der Waals surface area contributed by atoms with Gasteiger partial charge in [0.05, 0.1) is 24.4 Å². The van der Waals surface area contributed by atoms with Gasteiger partial charge in [-0.05, 0) is 38.1 Å². The van der Waals surface area contributed by atoms with Crippen molar-refractivity contribution in [1.82, 2.24) is 9.80 Å². The maximum atomic E-state index is 12.6. The molecule has 1 aromatic carbocycles. The average molecular weight is 360 g/mol. The summed E-state index contributed by atoms with van der Waals surface area (Å²) < 4.78 is 5.17. The van der Waals surface area contributed by atoms with Gasteiger partial charge in [-0.1, -0.05) is 6.92 Å². The summed E-state index contributed by atoms with van der Waals surface area (Å²) in [5.74, 6) is 0.176. The van der Waals surface area contributed by atoms with E-state index in [1.54, 1.807) is 25.3 Å². The first-order valence-corrected chi connectivity index (χ1v) is 9.28. The van der Waals surface area contributed by atoms with E-state index in [2.05, 4.69) is 17.1 Å². The molecule has 0 spiro atoms. The van der Waals surface area contributed by atoms with E-state index in [1.165, 1.54) is 6.42 Å². The van der Waals surface area contributed by atoms with Crippen molar-refractivity contribution in [2.24, 2.45) is 5.92 Å². The van der Waals surface area contributed by atoms with Gasteiger partial charge in [0.1, 0.15) is 5.75 Å². The van der Waals surface area contributed by atoms with Crippen molar-refractivity contribution in [2.45, 2.75) is 32.2 Å². The second-order valence-corrected chi connectivity index (χ2v) is 7.07. The summed E-state index contributed by atoms with van der Waals surface area (Å²) in [6.45, 7) is 5.45. The summed E-state index contributed by atoms with van der Waals surface area (Å²) in [7, 11) is 1.56. The average Bonchev–Trinajstić information content (AvgIpc) is 3.23. The highest BCUT2D eigenvalue weighted by Crippen LogP contribution is 2.27. The first-order chi connectivity index (χ1) is 12.5. The van der Waals surface area contributed by atoms with Gasteiger partial charge in [0.15, 0.2) is 0 Å². The Morgan fingerprint density at radius 1 is 1.42 bits per heavy atom. The molecule has 142 valence electrons. The lowest BCUT2D eigenvalue weighted by Crippen LogP contribution is -2.41. The van der Waals surface area contributed by atoms with Crippen LogP contribution in [0.15, 0.2) is 18.2 Å². The molecule has 3 rings (SSSR count). The SMILES string of the molecule is CCN1CCCC1CN1CC(C(=O)Nc2cc(OC)ccc2N)CC1=O. The third kappa shape index (κ3) is 3.93. The molecule has 2 aliphatic rings. The number of likely N-dealkylation sites (tertiary alicyclic amines) is 2. The minimum absolute atomic E-state index is 0.0618. The number of ether oxygens (including phenoxy) is 1. The summed E-state index contributed by atoms with van der Waals surface area (Å²) in [6.07, 6.45) is 2.56. The molecule has 0 aliphatic carbocycles. The Balaban J connectivity index is 1.60. The molecule has 0 aromatic heterocycles. The van der Waals surface area contributed by atoms with Crippen LogP contribution in [0.3, 0.4) is 0 Å². The molecule has 0 radical (unpaired) electrons. The largest absolute Gasteiger partial charge is 0.497 e. The molecule has 2 heterocycles. The zero-order chi connectivity index (χ0) is 18.7. The van der Waals surface area contributed by atoms with Crippen molar-refractivity contribution < 1.29 is 14.3 Å². The number of carbonyl (C=O) groups excluding carboxylic acids is 2. The van der Waals surface area contributed by atoms with Gasteiger partial charge in [0.2, 0.25) is 11.8 Å². The maximum absolute atomic E-state index is 12.6. The summed E-state index contributed by atoms with van der Waals surface area (Å²) >= 11 is 0. The van der Waals surface area contributed by atoms with E-state index < -0.39 is 0 Å². The van der Waals surface area contributed by atoms with E-state index in [0.29, 0.717) is 29.7 Å². The van der Waals surface area contributed by atoms with Crippen LogP contribution >= 0.6 is 0 Å². The molecular formula is C19H28N4O3. The van der Waals surface area contributed by atoms with Crippen LogP contribution in [0.2, 0.25) is 0 Å². The van der Waals surface area contributed by atoms with Crippen LogP contribution in [-0.2, 0) is 9.59 Å². The number of anilines is 2. The lowest BCUT2D eigenvalue weighted by atomic mass is 10.1. The van der Waals surface area contributed by atoms with Gasteiger partial charge in [-0.2, -0.15) is 0 Å². The molecule has 26 heavy (non-hydrogen) atoms. The Labute approximate surface area is 154 Å². The van der Waals surface area contributed by atoms with Gasteiger partial charge >= 0.3 is 0 Å². The van der Waals surface area contributed by atoms with Crippen LogP contribution in [0.4, 0.5) is 11.4 Å². The zero-order valence-corrected chi connectivity index (χ0v) is 15.5. The number of carbonyl (C=O) groups is 2. The van der Waals surface area contributed by atoms with Crippen molar-refractivity contribution in [3.63, 3.8) is 0 Å². The highest BCUT2D eigenvalue weighted by atomic mass is 16.5. The number of hydrogen-bond acceptors (Lipinski definition) is 5. The Kier molecular flexibility index (Phi) is 5.66. The zero-order valence-electron chi connectivity index (χ0n) is 15.5. The minimum atomic E-state index is -0.343. The molecule has 2 unspecified atom stereocenters. The topological polar surface area (TPSA) is 87.9 Å². The van der Waals surface area contributed by atoms with Crippen LogP contribution in [0.1, 0.15) is 26.2 Å². The van der Waals surface area contributed by atoms with E-state index >= 15 is 0 Å². The number of methoxy groups -OCH3 is 1. The number of rotatable bonds is 6. The van der Waals surface area contributed by atoms with Crippen LogP contribution < -0.4 is 15.8 Å². The minimum Gasteiger partial charge on any atom is -0.497 e. The number of amides is 2. The van der Waals surface area contributed by atoms with Crippen molar-refractivity contribution in [3.8, 4) is 5.75 Å². The number of likely N-dealkylation sites (N-methyl/N-ethyl adjacent to an activating group) is 1. The summed E-state index contributed by atoms with van der Waals surface area (Å²) in [5.41, 5.74) is 6.93. The molecule has 7 heteroatoms. The van der Waals surface area contributed by atoms with E-state index in [4.69, 9.17) is 10.5 Å². The normalized spacial score (nSPS) is 23.5. The van der Waals surface area contributed by atoms with Crippen LogP contribution in [0.25, 0.3) is 0 Å². The number of nitrogen functional groups attached to an aromatic ring is 1. The fourth-order valence-electron chi connectivity index (χ4n) is 3.90. The van der Waals surface area contributed by atoms with E-state index in [9.17, 15) is 9.59 Å². The predicted octanol–water partition coefficient (Wildman–Crippen LogP) is 1.55. The van der Waals surface area contributed by atoms with Crippen LogP contribution in [0.5, 0.6) is 5.75 Å². The second kappa shape index (κ2) is 7.95. The molecule has 0 bridgehead atoms. The Hall–Kier alpha value is -2.28.